The third-order valence-corrected chi connectivity index (χ3v) is 3.61. The Kier molecular flexibility index (Phi) is 2.83. The molecule has 0 N–H and O–H groups in total. The van der Waals surface area contributed by atoms with Crippen molar-refractivity contribution in [2.45, 2.75) is 12.5 Å². The van der Waals surface area contributed by atoms with Crippen molar-refractivity contribution in [2.24, 2.45) is 0 Å². The number of fused-ring (bicyclic) bond motifs is 1. The summed E-state index contributed by atoms with van der Waals surface area (Å²) in [5.41, 5.74) is 0. The van der Waals surface area contributed by atoms with E-state index in [1.165, 1.54) is 6.33 Å². The number of nitrogens with zero attached hydrogens (tertiary/aromatic N) is 6. The zero-order chi connectivity index (χ0) is 12.7. The van der Waals surface area contributed by atoms with Crippen molar-refractivity contribution in [3.8, 4) is 0 Å². The van der Waals surface area contributed by atoms with Gasteiger partial charge in [-0.05, 0) is 20.5 Å². The van der Waals surface area contributed by atoms with E-state index in [4.69, 9.17) is 11.6 Å². The fraction of sp³-hybridized carbons (Fsp3) is 0.545. The maximum Gasteiger partial charge on any atom is 0.255 e. The third-order valence-electron chi connectivity index (χ3n) is 3.42. The Morgan fingerprint density at radius 2 is 2.28 bits per heavy atom. The fourth-order valence-electron chi connectivity index (χ4n) is 2.37. The van der Waals surface area contributed by atoms with Gasteiger partial charge in [0.1, 0.15) is 17.3 Å². The summed E-state index contributed by atoms with van der Waals surface area (Å²) in [6.45, 7) is 1.97. The van der Waals surface area contributed by atoms with Crippen LogP contribution in [0.1, 0.15) is 6.42 Å². The van der Waals surface area contributed by atoms with Crippen molar-refractivity contribution in [1.82, 2.24) is 24.5 Å². The number of rotatable bonds is 2. The first kappa shape index (κ1) is 11.7. The third kappa shape index (κ3) is 1.91. The van der Waals surface area contributed by atoms with Crippen LogP contribution in [-0.4, -0.2) is 57.7 Å². The van der Waals surface area contributed by atoms with Crippen LogP contribution < -0.4 is 4.90 Å². The summed E-state index contributed by atoms with van der Waals surface area (Å²) in [6, 6.07) is 2.41. The average Bonchev–Trinajstić information content (AvgIpc) is 2.95. The Hall–Kier alpha value is -1.40. The lowest BCUT2D eigenvalue weighted by Gasteiger charge is -2.21. The Morgan fingerprint density at radius 3 is 3.00 bits per heavy atom. The second kappa shape index (κ2) is 4.37. The van der Waals surface area contributed by atoms with Crippen LogP contribution in [0.2, 0.25) is 5.15 Å². The Balaban J connectivity index is 1.97. The van der Waals surface area contributed by atoms with Crippen molar-refractivity contribution in [2.75, 3.05) is 32.1 Å². The molecule has 96 valence electrons. The van der Waals surface area contributed by atoms with Crippen LogP contribution in [0.4, 0.5) is 5.82 Å². The normalized spacial score (nSPS) is 20.2. The highest BCUT2D eigenvalue weighted by atomic mass is 35.5. The molecule has 3 heterocycles. The molecular weight excluding hydrogens is 252 g/mol. The molecule has 1 aliphatic rings. The average molecular weight is 267 g/mol. The van der Waals surface area contributed by atoms with E-state index in [9.17, 15) is 0 Å². The van der Waals surface area contributed by atoms with Gasteiger partial charge in [-0.3, -0.25) is 0 Å². The van der Waals surface area contributed by atoms with Crippen LogP contribution in [0.5, 0.6) is 0 Å². The molecule has 6 nitrogen and oxygen atoms in total. The van der Waals surface area contributed by atoms with Crippen molar-refractivity contribution in [3.05, 3.63) is 17.5 Å². The highest BCUT2D eigenvalue weighted by Gasteiger charge is 2.26. The van der Waals surface area contributed by atoms with E-state index >= 15 is 0 Å². The molecule has 0 saturated carbocycles. The molecular formula is C11H15ClN6. The Morgan fingerprint density at radius 1 is 1.44 bits per heavy atom. The monoisotopic (exact) mass is 266 g/mol. The molecule has 1 atom stereocenters. The van der Waals surface area contributed by atoms with Crippen molar-refractivity contribution in [3.63, 3.8) is 0 Å². The molecule has 3 rings (SSSR count). The summed E-state index contributed by atoms with van der Waals surface area (Å²) >= 11 is 6.03. The number of hydrogen-bond acceptors (Lipinski definition) is 5. The minimum atomic E-state index is 0.457. The highest BCUT2D eigenvalue weighted by molar-refractivity contribution is 6.29. The largest absolute Gasteiger partial charge is 0.355 e. The van der Waals surface area contributed by atoms with E-state index in [0.717, 1.165) is 25.3 Å². The molecule has 2 aromatic heterocycles. The van der Waals surface area contributed by atoms with E-state index in [1.54, 1.807) is 4.52 Å². The number of halogens is 1. The zero-order valence-corrected chi connectivity index (χ0v) is 11.2. The molecule has 18 heavy (non-hydrogen) atoms. The second-order valence-corrected chi connectivity index (χ2v) is 5.15. The first-order valence-corrected chi connectivity index (χ1v) is 6.30. The Bertz CT molecular complexity index is 566. The number of aromatic nitrogens is 4. The van der Waals surface area contributed by atoms with Gasteiger partial charge in [-0.25, -0.2) is 0 Å². The molecule has 0 radical (unpaired) electrons. The predicted octanol–water partition coefficient (Wildman–Crippen LogP) is 0.918. The standard InChI is InChI=1S/C11H15ClN6/c1-16(2)8-3-4-17(6-8)10-5-9(12)15-11-13-7-14-18(10)11/h5,7-8H,3-4,6H2,1-2H3. The lowest BCUT2D eigenvalue weighted by atomic mass is 10.2. The molecule has 2 aromatic rings. The van der Waals surface area contributed by atoms with Crippen molar-refractivity contribution in [1.29, 1.82) is 0 Å². The second-order valence-electron chi connectivity index (χ2n) is 4.76. The van der Waals surface area contributed by atoms with E-state index < -0.39 is 0 Å². The maximum atomic E-state index is 6.03. The summed E-state index contributed by atoms with van der Waals surface area (Å²) in [5, 5.41) is 4.66. The lowest BCUT2D eigenvalue weighted by Crippen LogP contribution is -2.32. The summed E-state index contributed by atoms with van der Waals surface area (Å²) < 4.78 is 1.74. The van der Waals surface area contributed by atoms with Crippen LogP contribution >= 0.6 is 11.6 Å². The molecule has 1 saturated heterocycles. The van der Waals surface area contributed by atoms with Crippen LogP contribution in [-0.2, 0) is 0 Å². The first-order valence-electron chi connectivity index (χ1n) is 5.93. The summed E-state index contributed by atoms with van der Waals surface area (Å²) in [5.74, 6) is 1.51. The van der Waals surface area contributed by atoms with Crippen molar-refractivity contribution >= 4 is 23.2 Å². The van der Waals surface area contributed by atoms with Gasteiger partial charge in [0.2, 0.25) is 0 Å². The van der Waals surface area contributed by atoms with Crippen molar-refractivity contribution < 1.29 is 0 Å². The molecule has 1 unspecified atom stereocenters. The van der Waals surface area contributed by atoms with Gasteiger partial charge in [0.15, 0.2) is 0 Å². The molecule has 0 amide bonds. The SMILES string of the molecule is CN(C)C1CCN(c2cc(Cl)nc3ncnn23)C1. The van der Waals surface area contributed by atoms with E-state index in [-0.39, 0.29) is 0 Å². The van der Waals surface area contributed by atoms with Gasteiger partial charge < -0.3 is 9.80 Å². The molecule has 0 bridgehead atoms. The van der Waals surface area contributed by atoms with Gasteiger partial charge >= 0.3 is 0 Å². The number of hydrogen-bond donors (Lipinski definition) is 0. The summed E-state index contributed by atoms with van der Waals surface area (Å²) in [7, 11) is 4.22. The van der Waals surface area contributed by atoms with Gasteiger partial charge in [-0.2, -0.15) is 19.6 Å². The maximum absolute atomic E-state index is 6.03. The summed E-state index contributed by atoms with van der Waals surface area (Å²) in [4.78, 5) is 12.8. The topological polar surface area (TPSA) is 49.6 Å². The predicted molar refractivity (Wildman–Crippen MR) is 70.1 cm³/mol. The lowest BCUT2D eigenvalue weighted by molar-refractivity contribution is 0.315. The first-order chi connectivity index (χ1) is 8.65. The van der Waals surface area contributed by atoms with Gasteiger partial charge in [0.25, 0.3) is 5.78 Å². The molecule has 1 aliphatic heterocycles. The molecule has 0 aromatic carbocycles. The quantitative estimate of drug-likeness (QED) is 0.757. The zero-order valence-electron chi connectivity index (χ0n) is 10.4. The van der Waals surface area contributed by atoms with E-state index in [1.807, 2.05) is 6.07 Å². The van der Waals surface area contributed by atoms with E-state index in [0.29, 0.717) is 17.0 Å². The van der Waals surface area contributed by atoms with Crippen LogP contribution in [0.15, 0.2) is 12.4 Å². The van der Waals surface area contributed by atoms with Gasteiger partial charge in [0.05, 0.1) is 0 Å². The van der Waals surface area contributed by atoms with Crippen LogP contribution in [0, 0.1) is 0 Å². The fourth-order valence-corrected chi connectivity index (χ4v) is 2.54. The molecule has 1 fully saturated rings. The van der Waals surface area contributed by atoms with Gasteiger partial charge in [0, 0.05) is 25.2 Å². The Labute approximate surface area is 110 Å². The van der Waals surface area contributed by atoms with E-state index in [2.05, 4.69) is 39.0 Å². The molecule has 7 heteroatoms. The van der Waals surface area contributed by atoms with Gasteiger partial charge in [-0.15, -0.1) is 0 Å². The van der Waals surface area contributed by atoms with Gasteiger partial charge in [-0.1, -0.05) is 11.6 Å². The smallest absolute Gasteiger partial charge is 0.255 e. The number of likely N-dealkylation sites (N-methyl/N-ethyl adjacent to an activating group) is 1. The minimum absolute atomic E-state index is 0.457. The minimum Gasteiger partial charge on any atom is -0.355 e. The molecule has 0 aliphatic carbocycles. The summed E-state index contributed by atoms with van der Waals surface area (Å²) in [6.07, 6.45) is 2.64. The molecule has 0 spiro atoms. The highest BCUT2D eigenvalue weighted by Crippen LogP contribution is 2.24. The number of anilines is 1. The van der Waals surface area contributed by atoms with Crippen LogP contribution in [0.25, 0.3) is 5.78 Å². The van der Waals surface area contributed by atoms with Crippen LogP contribution in [0.3, 0.4) is 0 Å².